The van der Waals surface area contributed by atoms with Crippen LogP contribution in [0.25, 0.3) is 0 Å². The molecule has 0 fully saturated rings. The lowest BCUT2D eigenvalue weighted by Crippen LogP contribution is -2.22. The van der Waals surface area contributed by atoms with Crippen molar-refractivity contribution >= 4 is 23.4 Å². The first-order valence-corrected chi connectivity index (χ1v) is 10.3. The molecule has 0 spiro atoms. The van der Waals surface area contributed by atoms with Crippen LogP contribution >= 0.6 is 11.8 Å². The summed E-state index contributed by atoms with van der Waals surface area (Å²) < 4.78 is 17.2. The molecule has 1 aliphatic heterocycles. The Labute approximate surface area is 172 Å². The maximum atomic E-state index is 12.5. The van der Waals surface area contributed by atoms with E-state index in [0.717, 1.165) is 12.1 Å². The number of fused-ring (bicyclic) bond motifs is 1. The number of hydrogen-bond donors (Lipinski definition) is 1. The summed E-state index contributed by atoms with van der Waals surface area (Å²) >= 11 is 1.20. The van der Waals surface area contributed by atoms with Gasteiger partial charge in [-0.15, -0.1) is 10.2 Å². The van der Waals surface area contributed by atoms with Crippen molar-refractivity contribution in [1.82, 2.24) is 10.2 Å². The summed E-state index contributed by atoms with van der Waals surface area (Å²) in [5.74, 6) is 1.52. The Balaban J connectivity index is 1.35. The lowest BCUT2D eigenvalue weighted by atomic mass is 10.1. The second kappa shape index (κ2) is 8.57. The molecular weight excluding hydrogens is 390 g/mol. The molecule has 1 aromatic heterocycles. The maximum absolute atomic E-state index is 12.5. The van der Waals surface area contributed by atoms with Crippen molar-refractivity contribution in [2.75, 3.05) is 11.9 Å². The summed E-state index contributed by atoms with van der Waals surface area (Å²) in [5.41, 5.74) is 1.98. The van der Waals surface area contributed by atoms with E-state index in [1.807, 2.05) is 48.5 Å². The van der Waals surface area contributed by atoms with Gasteiger partial charge in [-0.3, -0.25) is 4.79 Å². The summed E-state index contributed by atoms with van der Waals surface area (Å²) in [7, 11) is 0. The summed E-state index contributed by atoms with van der Waals surface area (Å²) in [6.45, 7) is 4.17. The van der Waals surface area contributed by atoms with Crippen molar-refractivity contribution in [2.45, 2.75) is 36.8 Å². The number of nitrogens with one attached hydrogen (secondary N) is 1. The van der Waals surface area contributed by atoms with Crippen LogP contribution in [0.2, 0.25) is 0 Å². The minimum absolute atomic E-state index is 0.134. The van der Waals surface area contributed by atoms with E-state index in [1.54, 1.807) is 6.92 Å². The van der Waals surface area contributed by atoms with E-state index in [4.69, 9.17) is 13.9 Å². The monoisotopic (exact) mass is 411 g/mol. The van der Waals surface area contributed by atoms with Crippen LogP contribution in [0.4, 0.5) is 5.69 Å². The molecule has 0 saturated heterocycles. The Morgan fingerprint density at radius 3 is 2.69 bits per heavy atom. The molecule has 2 atom stereocenters. The number of ether oxygens (including phenoxy) is 2. The maximum Gasteiger partial charge on any atom is 0.277 e. The number of nitrogens with zero attached hydrogens (tertiary/aromatic N) is 2. The normalized spacial score (nSPS) is 16.3. The highest BCUT2D eigenvalue weighted by atomic mass is 32.2. The zero-order valence-electron chi connectivity index (χ0n) is 16.1. The minimum atomic E-state index is -0.479. The third kappa shape index (κ3) is 4.54. The second-order valence-corrected chi connectivity index (χ2v) is 7.86. The van der Waals surface area contributed by atoms with Crippen LogP contribution < -0.4 is 14.8 Å². The van der Waals surface area contributed by atoms with E-state index >= 15 is 0 Å². The summed E-state index contributed by atoms with van der Waals surface area (Å²) in [5, 5.41) is 10.9. The molecule has 4 rings (SSSR count). The Morgan fingerprint density at radius 2 is 1.93 bits per heavy atom. The molecule has 1 amide bonds. The van der Waals surface area contributed by atoms with Crippen molar-refractivity contribution < 1.29 is 18.7 Å². The zero-order valence-corrected chi connectivity index (χ0v) is 16.9. The number of anilines is 1. The Morgan fingerprint density at radius 1 is 1.17 bits per heavy atom. The highest BCUT2D eigenvalue weighted by molar-refractivity contribution is 8.00. The number of aromatic nitrogens is 2. The molecule has 8 heteroatoms. The number of aryl methyl sites for hydroxylation is 1. The summed E-state index contributed by atoms with van der Waals surface area (Å²) in [4.78, 5) is 12.5. The number of benzene rings is 2. The molecule has 1 N–H and O–H groups in total. The fraction of sp³-hybridized carbons (Fsp3) is 0.286. The lowest BCUT2D eigenvalue weighted by Gasteiger charge is -2.23. The Hall–Kier alpha value is -3.00. The van der Waals surface area contributed by atoms with Crippen molar-refractivity contribution in [1.29, 1.82) is 0 Å². The van der Waals surface area contributed by atoms with Gasteiger partial charge in [-0.2, -0.15) is 0 Å². The van der Waals surface area contributed by atoms with Crippen molar-refractivity contribution in [2.24, 2.45) is 0 Å². The molecule has 7 nitrogen and oxygen atoms in total. The highest BCUT2D eigenvalue weighted by Crippen LogP contribution is 2.36. The molecular formula is C21H21N3O4S. The predicted molar refractivity (Wildman–Crippen MR) is 109 cm³/mol. The van der Waals surface area contributed by atoms with Gasteiger partial charge in [0, 0.05) is 5.69 Å². The highest BCUT2D eigenvalue weighted by Gasteiger charge is 2.28. The zero-order chi connectivity index (χ0) is 20.2. The number of amides is 1. The van der Waals surface area contributed by atoms with E-state index in [0.29, 0.717) is 22.6 Å². The fourth-order valence-corrected chi connectivity index (χ4v) is 3.50. The molecule has 0 radical (unpaired) electrons. The van der Waals surface area contributed by atoms with Gasteiger partial charge >= 0.3 is 0 Å². The van der Waals surface area contributed by atoms with Gasteiger partial charge in [-0.1, -0.05) is 43.0 Å². The van der Waals surface area contributed by atoms with E-state index in [2.05, 4.69) is 22.4 Å². The lowest BCUT2D eigenvalue weighted by molar-refractivity contribution is -0.115. The Bertz CT molecular complexity index is 990. The predicted octanol–water partition coefficient (Wildman–Crippen LogP) is 4.26. The molecule has 0 saturated carbocycles. The first-order valence-electron chi connectivity index (χ1n) is 9.40. The van der Waals surface area contributed by atoms with Crippen LogP contribution in [0.15, 0.2) is 58.2 Å². The van der Waals surface area contributed by atoms with Gasteiger partial charge in [0.1, 0.15) is 6.61 Å². The molecule has 2 aromatic carbocycles. The Kier molecular flexibility index (Phi) is 5.71. The van der Waals surface area contributed by atoms with E-state index in [1.165, 1.54) is 17.3 Å². The third-order valence-corrected chi connectivity index (χ3v) is 5.42. The van der Waals surface area contributed by atoms with Gasteiger partial charge in [0.05, 0.1) is 5.25 Å². The number of rotatable bonds is 6. The van der Waals surface area contributed by atoms with Crippen LogP contribution in [-0.4, -0.2) is 28.0 Å². The van der Waals surface area contributed by atoms with Crippen molar-refractivity contribution in [3.8, 4) is 11.5 Å². The first kappa shape index (κ1) is 19.3. The van der Waals surface area contributed by atoms with Crippen molar-refractivity contribution in [3.05, 3.63) is 60.0 Å². The number of carbonyl (C=O) groups is 1. The number of thioether (sulfide) groups is 1. The SMILES string of the molecule is CCc1ccc(NC(=O)[C@H](C)Sc2nnc([C@@H]3COc4ccccc4O3)o2)cc1. The smallest absolute Gasteiger partial charge is 0.277 e. The quantitative estimate of drug-likeness (QED) is 0.606. The average molecular weight is 411 g/mol. The van der Waals surface area contributed by atoms with Gasteiger partial charge in [-0.05, 0) is 43.2 Å². The molecule has 3 aromatic rings. The van der Waals surface area contributed by atoms with Gasteiger partial charge < -0.3 is 19.2 Å². The average Bonchev–Trinajstić information content (AvgIpc) is 3.22. The van der Waals surface area contributed by atoms with Crippen LogP contribution in [-0.2, 0) is 11.2 Å². The number of hydrogen-bond acceptors (Lipinski definition) is 7. The van der Waals surface area contributed by atoms with Crippen LogP contribution in [0.3, 0.4) is 0 Å². The van der Waals surface area contributed by atoms with Gasteiger partial charge in [0.2, 0.25) is 12.0 Å². The van der Waals surface area contributed by atoms with Crippen LogP contribution in [0, 0.1) is 0 Å². The minimum Gasteiger partial charge on any atom is -0.485 e. The fourth-order valence-electron chi connectivity index (χ4n) is 2.81. The van der Waals surface area contributed by atoms with Crippen molar-refractivity contribution in [3.63, 3.8) is 0 Å². The molecule has 0 unspecified atom stereocenters. The second-order valence-electron chi connectivity index (χ2n) is 6.57. The first-order chi connectivity index (χ1) is 14.1. The number of para-hydroxylation sites is 2. The molecule has 1 aliphatic rings. The van der Waals surface area contributed by atoms with Gasteiger partial charge in [0.25, 0.3) is 11.1 Å². The molecule has 0 aliphatic carbocycles. The molecule has 150 valence electrons. The topological polar surface area (TPSA) is 86.5 Å². The summed E-state index contributed by atoms with van der Waals surface area (Å²) in [6.07, 6.45) is 0.481. The molecule has 0 bridgehead atoms. The van der Waals surface area contributed by atoms with E-state index in [9.17, 15) is 4.79 Å². The molecule has 29 heavy (non-hydrogen) atoms. The third-order valence-electron chi connectivity index (χ3n) is 4.48. The largest absolute Gasteiger partial charge is 0.485 e. The molecule has 2 heterocycles. The van der Waals surface area contributed by atoms with Gasteiger partial charge in [0.15, 0.2) is 11.5 Å². The van der Waals surface area contributed by atoms with Crippen LogP contribution in [0.5, 0.6) is 11.5 Å². The van der Waals surface area contributed by atoms with E-state index < -0.39 is 11.4 Å². The van der Waals surface area contributed by atoms with E-state index in [-0.39, 0.29) is 12.5 Å². The van der Waals surface area contributed by atoms with Crippen LogP contribution in [0.1, 0.15) is 31.4 Å². The summed E-state index contributed by atoms with van der Waals surface area (Å²) in [6, 6.07) is 15.2. The standard InChI is InChI=1S/C21H21N3O4S/c1-3-14-8-10-15(11-9-14)22-19(25)13(2)29-21-24-23-20(28-21)18-12-26-16-6-4-5-7-17(16)27-18/h4-11,13,18H,3,12H2,1-2H3,(H,22,25)/t13-,18-/m0/s1. The number of carbonyl (C=O) groups excluding carboxylic acids is 1. The van der Waals surface area contributed by atoms with Gasteiger partial charge in [-0.25, -0.2) is 0 Å².